The van der Waals surface area contributed by atoms with E-state index in [-0.39, 0.29) is 23.9 Å². The van der Waals surface area contributed by atoms with Crippen LogP contribution in [0.2, 0.25) is 0 Å². The Morgan fingerprint density at radius 3 is 2.57 bits per heavy atom. The average Bonchev–Trinajstić information content (AvgIpc) is 2.82. The number of esters is 1. The van der Waals surface area contributed by atoms with Crippen LogP contribution in [-0.4, -0.2) is 44.8 Å². The average molecular weight is 479 g/mol. The van der Waals surface area contributed by atoms with Gasteiger partial charge in [-0.2, -0.15) is 0 Å². The molecule has 7 heteroatoms. The minimum atomic E-state index is -0.647. The highest BCUT2D eigenvalue weighted by Gasteiger charge is 2.51. The lowest BCUT2D eigenvalue weighted by molar-refractivity contribution is -0.104. The van der Waals surface area contributed by atoms with Gasteiger partial charge in [0.25, 0.3) is 5.56 Å². The molecule has 2 aliphatic heterocycles. The van der Waals surface area contributed by atoms with Gasteiger partial charge in [-0.1, -0.05) is 31.4 Å². The van der Waals surface area contributed by atoms with E-state index in [4.69, 9.17) is 10.5 Å². The van der Waals surface area contributed by atoms with Crippen molar-refractivity contribution < 1.29 is 9.53 Å². The van der Waals surface area contributed by atoms with Crippen LogP contribution in [0.4, 0.5) is 0 Å². The molecule has 2 saturated carbocycles. The van der Waals surface area contributed by atoms with Gasteiger partial charge in [0, 0.05) is 18.1 Å². The van der Waals surface area contributed by atoms with Gasteiger partial charge in [-0.25, -0.2) is 9.78 Å². The Kier molecular flexibility index (Phi) is 5.96. The van der Waals surface area contributed by atoms with Crippen LogP contribution in [0.3, 0.4) is 0 Å². The van der Waals surface area contributed by atoms with Gasteiger partial charge in [0.15, 0.2) is 0 Å². The molecule has 0 spiro atoms. The molecule has 3 heterocycles. The number of rotatable bonds is 4. The van der Waals surface area contributed by atoms with E-state index in [9.17, 15) is 9.59 Å². The lowest BCUT2D eigenvalue weighted by atomic mass is 9.67. The summed E-state index contributed by atoms with van der Waals surface area (Å²) in [5.41, 5.74) is 7.84. The Labute approximate surface area is 207 Å². The number of fused-ring (bicyclic) bond motifs is 5. The van der Waals surface area contributed by atoms with Gasteiger partial charge in [0.1, 0.15) is 0 Å². The minimum Gasteiger partial charge on any atom is -0.461 e. The second-order valence-electron chi connectivity index (χ2n) is 11.5. The highest BCUT2D eigenvalue weighted by molar-refractivity contribution is 5.89. The summed E-state index contributed by atoms with van der Waals surface area (Å²) < 4.78 is 7.00. The van der Waals surface area contributed by atoms with Gasteiger partial charge >= 0.3 is 5.97 Å². The maximum atomic E-state index is 13.7. The quantitative estimate of drug-likeness (QED) is 0.656. The number of hydrogen-bond donors (Lipinski definition) is 1. The van der Waals surface area contributed by atoms with Crippen molar-refractivity contribution >= 4 is 17.0 Å². The zero-order chi connectivity index (χ0) is 24.2. The molecule has 0 amide bonds. The Balaban J connectivity index is 1.38. The zero-order valence-corrected chi connectivity index (χ0v) is 20.8. The Morgan fingerprint density at radius 1 is 1.06 bits per heavy atom. The molecular weight excluding hydrogens is 440 g/mol. The molecule has 6 rings (SSSR count). The summed E-state index contributed by atoms with van der Waals surface area (Å²) in [6.45, 7) is 1.95. The molecule has 4 fully saturated rings. The van der Waals surface area contributed by atoms with Crippen LogP contribution >= 0.6 is 0 Å². The van der Waals surface area contributed by atoms with Crippen molar-refractivity contribution in [1.82, 2.24) is 14.5 Å². The van der Waals surface area contributed by atoms with Crippen molar-refractivity contribution in [3.8, 4) is 0 Å². The maximum absolute atomic E-state index is 13.7. The number of ether oxygens (including phenoxy) is 1. The van der Waals surface area contributed by atoms with Crippen molar-refractivity contribution in [3.63, 3.8) is 0 Å². The monoisotopic (exact) mass is 478 g/mol. The predicted molar refractivity (Wildman–Crippen MR) is 135 cm³/mol. The highest BCUT2D eigenvalue weighted by Crippen LogP contribution is 2.49. The molecule has 188 valence electrons. The Hall–Kier alpha value is -2.25. The first-order chi connectivity index (χ1) is 17.0. The molecule has 7 nitrogen and oxygen atoms in total. The van der Waals surface area contributed by atoms with Crippen LogP contribution in [0.1, 0.15) is 94.1 Å². The normalized spacial score (nSPS) is 35.1. The van der Waals surface area contributed by atoms with Gasteiger partial charge in [-0.3, -0.25) is 9.69 Å². The summed E-state index contributed by atoms with van der Waals surface area (Å²) >= 11 is 0. The maximum Gasteiger partial charge on any atom is 0.362 e. The third-order valence-corrected chi connectivity index (χ3v) is 9.31. The van der Waals surface area contributed by atoms with Crippen LogP contribution in [0, 0.1) is 11.8 Å². The third-order valence-electron chi connectivity index (χ3n) is 9.31. The summed E-state index contributed by atoms with van der Waals surface area (Å²) in [5, 5.41) is 0. The van der Waals surface area contributed by atoms with E-state index in [1.54, 1.807) is 6.92 Å². The largest absolute Gasteiger partial charge is 0.461 e. The van der Waals surface area contributed by atoms with E-state index >= 15 is 0 Å². The van der Waals surface area contributed by atoms with Crippen LogP contribution in [0.25, 0.3) is 11.0 Å². The molecule has 2 N–H and O–H groups in total. The van der Waals surface area contributed by atoms with Crippen LogP contribution in [0.5, 0.6) is 0 Å². The second kappa shape index (κ2) is 9.00. The first-order valence-electron chi connectivity index (χ1n) is 13.7. The van der Waals surface area contributed by atoms with Gasteiger partial charge in [0.05, 0.1) is 23.3 Å². The number of aromatic nitrogens is 2. The third kappa shape index (κ3) is 4.01. The molecule has 5 atom stereocenters. The van der Waals surface area contributed by atoms with E-state index in [1.165, 1.54) is 38.5 Å². The summed E-state index contributed by atoms with van der Waals surface area (Å²) in [6.07, 6.45) is 13.0. The van der Waals surface area contributed by atoms with Crippen molar-refractivity contribution in [2.45, 2.75) is 101 Å². The molecule has 2 saturated heterocycles. The molecule has 1 aromatic heterocycles. The Bertz CT molecular complexity index is 1170. The number of para-hydroxylation sites is 2. The van der Waals surface area contributed by atoms with Crippen molar-refractivity contribution in [2.75, 3.05) is 6.61 Å². The zero-order valence-electron chi connectivity index (χ0n) is 20.8. The van der Waals surface area contributed by atoms with Gasteiger partial charge in [-0.15, -0.1) is 0 Å². The van der Waals surface area contributed by atoms with E-state index in [1.807, 2.05) is 28.8 Å². The van der Waals surface area contributed by atoms with Gasteiger partial charge in [-0.05, 0) is 82.3 Å². The molecule has 2 unspecified atom stereocenters. The first kappa shape index (κ1) is 23.2. The molecular formula is C28H38N4O3. The van der Waals surface area contributed by atoms with E-state index in [0.717, 1.165) is 49.5 Å². The lowest BCUT2D eigenvalue weighted by Gasteiger charge is -2.60. The summed E-state index contributed by atoms with van der Waals surface area (Å²) in [7, 11) is 0. The molecule has 2 aromatic rings. The number of nitrogens with two attached hydrogens (primary N) is 1. The predicted octanol–water partition coefficient (Wildman–Crippen LogP) is 4.39. The fourth-order valence-corrected chi connectivity index (χ4v) is 8.15. The number of carbonyl (C=O) groups is 1. The number of piperidine rings is 2. The summed E-state index contributed by atoms with van der Waals surface area (Å²) in [4.78, 5) is 33.4. The number of carbonyl (C=O) groups excluding carboxylic acids is 1. The van der Waals surface area contributed by atoms with Crippen molar-refractivity contribution in [1.29, 1.82) is 0 Å². The minimum absolute atomic E-state index is 0.0572. The van der Waals surface area contributed by atoms with E-state index < -0.39 is 11.6 Å². The molecule has 4 aliphatic rings. The molecule has 0 radical (unpaired) electrons. The number of nitrogens with zero attached hydrogens (tertiary/aromatic N) is 3. The fraction of sp³-hybridized carbons (Fsp3) is 0.679. The number of benzene rings is 1. The van der Waals surface area contributed by atoms with Crippen LogP contribution < -0.4 is 11.3 Å². The summed E-state index contributed by atoms with van der Waals surface area (Å²) in [5.74, 6) is 1.06. The highest BCUT2D eigenvalue weighted by atomic mass is 16.5. The molecule has 35 heavy (non-hydrogen) atoms. The fourth-order valence-electron chi connectivity index (χ4n) is 8.15. The molecule has 4 bridgehead atoms. The molecule has 2 aliphatic carbocycles. The van der Waals surface area contributed by atoms with E-state index in [0.29, 0.717) is 17.6 Å². The summed E-state index contributed by atoms with van der Waals surface area (Å²) in [6, 6.07) is 8.51. The SMILES string of the molecule is CCOC(=O)c1nc2ccccc2n([C@H]2C[C@H]3CCC[C@@](N)(C2)N3C2CC3CCCC(C3)C2)c1=O. The second-order valence-corrected chi connectivity index (χ2v) is 11.5. The Morgan fingerprint density at radius 2 is 1.83 bits per heavy atom. The van der Waals surface area contributed by atoms with Crippen LogP contribution in [-0.2, 0) is 4.74 Å². The smallest absolute Gasteiger partial charge is 0.362 e. The van der Waals surface area contributed by atoms with Gasteiger partial charge in [0.2, 0.25) is 5.69 Å². The van der Waals surface area contributed by atoms with E-state index in [2.05, 4.69) is 9.88 Å². The topological polar surface area (TPSA) is 90.4 Å². The molecule has 1 aromatic carbocycles. The van der Waals surface area contributed by atoms with Crippen molar-refractivity contribution in [2.24, 2.45) is 17.6 Å². The van der Waals surface area contributed by atoms with Gasteiger partial charge < -0.3 is 15.0 Å². The standard InChI is InChI=1S/C28H38N4O3/c1-2-35-27(34)25-26(33)31(24-11-4-3-10-23(24)30-25)22-16-20-9-6-12-28(29,17-22)32(20)21-14-18-7-5-8-19(13-18)15-21/h3-4,10-11,18-22H,2,5-9,12-17,29H2,1H3/t18?,19?,20-,21?,22+,28+/m1/s1. The van der Waals surface area contributed by atoms with Crippen LogP contribution in [0.15, 0.2) is 29.1 Å². The lowest BCUT2D eigenvalue weighted by Crippen LogP contribution is -2.70. The van der Waals surface area contributed by atoms with Crippen molar-refractivity contribution in [3.05, 3.63) is 40.3 Å². The first-order valence-corrected chi connectivity index (χ1v) is 13.7. The number of hydrogen-bond acceptors (Lipinski definition) is 6.